The Morgan fingerprint density at radius 1 is 1.38 bits per heavy atom. The highest BCUT2D eigenvalue weighted by molar-refractivity contribution is 6.19. The Hall–Kier alpha value is -2.03. The van der Waals surface area contributed by atoms with E-state index in [0.717, 1.165) is 22.2 Å². The van der Waals surface area contributed by atoms with Crippen molar-refractivity contribution < 1.29 is 9.53 Å². The van der Waals surface area contributed by atoms with Gasteiger partial charge in [0.1, 0.15) is 0 Å². The molecule has 1 aromatic heterocycles. The number of fused-ring (bicyclic) bond motifs is 1. The number of nitrogens with one attached hydrogen (secondary N) is 1. The molecule has 1 aromatic carbocycles. The third kappa shape index (κ3) is 1.50. The zero-order chi connectivity index (χ0) is 11.7. The van der Waals surface area contributed by atoms with E-state index in [9.17, 15) is 4.79 Å². The first-order valence-corrected chi connectivity index (χ1v) is 5.00. The summed E-state index contributed by atoms with van der Waals surface area (Å²) in [6, 6.07) is 7.81. The van der Waals surface area contributed by atoms with E-state index in [1.807, 2.05) is 31.2 Å². The van der Waals surface area contributed by atoms with Crippen LogP contribution in [0.2, 0.25) is 0 Å². The van der Waals surface area contributed by atoms with Gasteiger partial charge in [0.05, 0.1) is 12.7 Å². The van der Waals surface area contributed by atoms with Crippen LogP contribution in [0, 0.1) is 6.92 Å². The second-order valence-corrected chi connectivity index (χ2v) is 3.64. The van der Waals surface area contributed by atoms with Crippen LogP contribution in [0.4, 0.5) is 0 Å². The van der Waals surface area contributed by atoms with Gasteiger partial charge in [0, 0.05) is 22.2 Å². The van der Waals surface area contributed by atoms with Crippen LogP contribution in [0.3, 0.4) is 0 Å². The molecule has 82 valence electrons. The van der Waals surface area contributed by atoms with Crippen LogP contribution in [-0.2, 0) is 9.53 Å². The van der Waals surface area contributed by atoms with E-state index in [0.29, 0.717) is 5.57 Å². The average molecular weight is 215 g/mol. The van der Waals surface area contributed by atoms with Crippen molar-refractivity contribution in [3.05, 3.63) is 42.1 Å². The van der Waals surface area contributed by atoms with Crippen molar-refractivity contribution in [3.63, 3.8) is 0 Å². The number of hydrogen-bond acceptors (Lipinski definition) is 2. The number of rotatable bonds is 2. The van der Waals surface area contributed by atoms with Crippen LogP contribution in [-0.4, -0.2) is 18.1 Å². The average Bonchev–Trinajstić information content (AvgIpc) is 2.63. The molecule has 1 N–H and O–H groups in total. The Balaban J connectivity index is 2.64. The molecular weight excluding hydrogens is 202 g/mol. The number of carbonyl (C=O) groups excluding carboxylic acids is 1. The molecule has 3 heteroatoms. The van der Waals surface area contributed by atoms with E-state index in [-0.39, 0.29) is 0 Å². The number of aryl methyl sites for hydroxylation is 1. The highest BCUT2D eigenvalue weighted by Gasteiger charge is 2.16. The first kappa shape index (κ1) is 10.5. The second kappa shape index (κ2) is 3.85. The van der Waals surface area contributed by atoms with Crippen molar-refractivity contribution >= 4 is 22.4 Å². The minimum absolute atomic E-state index is 0.387. The van der Waals surface area contributed by atoms with Gasteiger partial charge in [-0.25, -0.2) is 4.79 Å². The third-order valence-electron chi connectivity index (χ3n) is 2.63. The molecule has 0 unspecified atom stereocenters. The number of para-hydroxylation sites is 1. The van der Waals surface area contributed by atoms with Gasteiger partial charge in [0.25, 0.3) is 0 Å². The van der Waals surface area contributed by atoms with Gasteiger partial charge >= 0.3 is 5.97 Å². The van der Waals surface area contributed by atoms with Gasteiger partial charge in [-0.15, -0.1) is 0 Å². The topological polar surface area (TPSA) is 42.1 Å². The lowest BCUT2D eigenvalue weighted by molar-refractivity contribution is -0.133. The number of H-pyrrole nitrogens is 1. The number of aromatic nitrogens is 1. The van der Waals surface area contributed by atoms with Gasteiger partial charge in [0.15, 0.2) is 0 Å². The monoisotopic (exact) mass is 215 g/mol. The third-order valence-corrected chi connectivity index (χ3v) is 2.63. The fourth-order valence-corrected chi connectivity index (χ4v) is 1.89. The van der Waals surface area contributed by atoms with Crippen molar-refractivity contribution in [2.24, 2.45) is 0 Å². The molecule has 0 saturated heterocycles. The molecule has 16 heavy (non-hydrogen) atoms. The second-order valence-electron chi connectivity index (χ2n) is 3.64. The van der Waals surface area contributed by atoms with E-state index >= 15 is 0 Å². The largest absolute Gasteiger partial charge is 0.465 e. The van der Waals surface area contributed by atoms with Gasteiger partial charge in [-0.1, -0.05) is 24.8 Å². The lowest BCUT2D eigenvalue weighted by Gasteiger charge is -2.03. The fourth-order valence-electron chi connectivity index (χ4n) is 1.89. The quantitative estimate of drug-likeness (QED) is 0.618. The minimum atomic E-state index is -0.396. The van der Waals surface area contributed by atoms with E-state index < -0.39 is 5.97 Å². The molecule has 3 nitrogen and oxygen atoms in total. The van der Waals surface area contributed by atoms with Gasteiger partial charge in [-0.3, -0.25) is 0 Å². The Bertz CT molecular complexity index is 566. The van der Waals surface area contributed by atoms with Crippen molar-refractivity contribution in [1.29, 1.82) is 0 Å². The number of carbonyl (C=O) groups is 1. The molecule has 0 aliphatic rings. The maximum Gasteiger partial charge on any atom is 0.337 e. The fraction of sp³-hybridized carbons (Fsp3) is 0.154. The Labute approximate surface area is 93.7 Å². The van der Waals surface area contributed by atoms with E-state index in [4.69, 9.17) is 0 Å². The summed E-state index contributed by atoms with van der Waals surface area (Å²) in [5.74, 6) is -0.396. The molecule has 0 aliphatic heterocycles. The lowest BCUT2D eigenvalue weighted by atomic mass is 10.0. The predicted octanol–water partition coefficient (Wildman–Crippen LogP) is 2.66. The Morgan fingerprint density at radius 2 is 2.06 bits per heavy atom. The molecule has 0 spiro atoms. The first-order chi connectivity index (χ1) is 7.65. The van der Waals surface area contributed by atoms with Gasteiger partial charge < -0.3 is 9.72 Å². The molecule has 0 atom stereocenters. The highest BCUT2D eigenvalue weighted by atomic mass is 16.5. The number of hydrogen-bond donors (Lipinski definition) is 1. The van der Waals surface area contributed by atoms with Crippen molar-refractivity contribution in [2.75, 3.05) is 7.11 Å². The van der Waals surface area contributed by atoms with Crippen molar-refractivity contribution in [1.82, 2.24) is 4.98 Å². The summed E-state index contributed by atoms with van der Waals surface area (Å²) in [6.45, 7) is 5.70. The minimum Gasteiger partial charge on any atom is -0.465 e. The molecular formula is C13H13NO2. The van der Waals surface area contributed by atoms with Crippen LogP contribution in [0.25, 0.3) is 16.5 Å². The summed E-state index contributed by atoms with van der Waals surface area (Å²) in [5.41, 5.74) is 3.15. The summed E-state index contributed by atoms with van der Waals surface area (Å²) in [7, 11) is 1.36. The molecule has 2 rings (SSSR count). The number of benzene rings is 1. The summed E-state index contributed by atoms with van der Waals surface area (Å²) in [5, 5.41) is 0.996. The van der Waals surface area contributed by atoms with Crippen LogP contribution < -0.4 is 0 Å². The van der Waals surface area contributed by atoms with Gasteiger partial charge in [0.2, 0.25) is 0 Å². The van der Waals surface area contributed by atoms with E-state index in [1.54, 1.807) is 0 Å². The van der Waals surface area contributed by atoms with E-state index in [1.165, 1.54) is 7.11 Å². The lowest BCUT2D eigenvalue weighted by Crippen LogP contribution is -2.03. The SMILES string of the molecule is C=C(C(=O)OC)c1c(C)[nH]c2ccccc12. The number of ether oxygens (including phenoxy) is 1. The first-order valence-electron chi connectivity index (χ1n) is 5.00. The van der Waals surface area contributed by atoms with Crippen molar-refractivity contribution in [2.45, 2.75) is 6.92 Å². The smallest absolute Gasteiger partial charge is 0.337 e. The molecule has 0 amide bonds. The van der Waals surface area contributed by atoms with Gasteiger partial charge in [-0.2, -0.15) is 0 Å². The summed E-state index contributed by atoms with van der Waals surface area (Å²) in [6.07, 6.45) is 0. The highest BCUT2D eigenvalue weighted by Crippen LogP contribution is 2.27. The predicted molar refractivity (Wildman–Crippen MR) is 64.1 cm³/mol. The van der Waals surface area contributed by atoms with Crippen LogP contribution in [0.15, 0.2) is 30.8 Å². The van der Waals surface area contributed by atoms with Crippen molar-refractivity contribution in [3.8, 4) is 0 Å². The van der Waals surface area contributed by atoms with Gasteiger partial charge in [-0.05, 0) is 13.0 Å². The molecule has 0 aliphatic carbocycles. The normalized spacial score (nSPS) is 10.4. The molecule has 0 saturated carbocycles. The number of esters is 1. The summed E-state index contributed by atoms with van der Waals surface area (Å²) < 4.78 is 4.69. The molecule has 2 aromatic rings. The summed E-state index contributed by atoms with van der Waals surface area (Å²) >= 11 is 0. The number of aromatic amines is 1. The molecule has 0 bridgehead atoms. The molecule has 0 radical (unpaired) electrons. The number of methoxy groups -OCH3 is 1. The summed E-state index contributed by atoms with van der Waals surface area (Å²) in [4.78, 5) is 14.7. The van der Waals surface area contributed by atoms with E-state index in [2.05, 4.69) is 16.3 Å². The zero-order valence-corrected chi connectivity index (χ0v) is 9.33. The van der Waals surface area contributed by atoms with Crippen LogP contribution >= 0.6 is 0 Å². The Morgan fingerprint density at radius 3 is 2.75 bits per heavy atom. The van der Waals surface area contributed by atoms with Crippen LogP contribution in [0.1, 0.15) is 11.3 Å². The zero-order valence-electron chi connectivity index (χ0n) is 9.33. The maximum atomic E-state index is 11.5. The standard InChI is InChI=1S/C13H13NO2/c1-8(13(15)16-3)12-9(2)14-11-7-5-4-6-10(11)12/h4-7,14H,1H2,2-3H3. The van der Waals surface area contributed by atoms with Crippen LogP contribution in [0.5, 0.6) is 0 Å². The molecule has 0 fully saturated rings. The Kier molecular flexibility index (Phi) is 2.52. The molecule has 1 heterocycles. The maximum absolute atomic E-state index is 11.5.